The number of aryl methyl sites for hydroxylation is 2. The monoisotopic (exact) mass is 436 g/mol. The summed E-state index contributed by atoms with van der Waals surface area (Å²) in [6.07, 6.45) is 9.38. The van der Waals surface area contributed by atoms with Crippen LogP contribution in [0.4, 0.5) is 0 Å². The van der Waals surface area contributed by atoms with Gasteiger partial charge in [-0.2, -0.15) is 0 Å². The highest BCUT2D eigenvalue weighted by molar-refractivity contribution is 5.89. The third-order valence-electron chi connectivity index (χ3n) is 7.22. The topological polar surface area (TPSA) is 44.8 Å². The summed E-state index contributed by atoms with van der Waals surface area (Å²) < 4.78 is 17.5. The summed E-state index contributed by atoms with van der Waals surface area (Å²) in [6, 6.07) is 15.7. The van der Waals surface area contributed by atoms with Crippen LogP contribution in [0.5, 0.6) is 5.75 Å². The summed E-state index contributed by atoms with van der Waals surface area (Å²) in [5.41, 5.74) is 3.04. The summed E-state index contributed by atoms with van der Waals surface area (Å²) in [7, 11) is 0. The molecule has 172 valence electrons. The molecule has 0 saturated heterocycles. The Morgan fingerprint density at radius 1 is 0.719 bits per heavy atom. The van der Waals surface area contributed by atoms with Gasteiger partial charge in [-0.1, -0.05) is 35.4 Å². The molecule has 32 heavy (non-hydrogen) atoms. The van der Waals surface area contributed by atoms with Crippen molar-refractivity contribution >= 4 is 5.97 Å². The Kier molecular flexibility index (Phi) is 7.85. The molecule has 2 aliphatic rings. The second kappa shape index (κ2) is 11.0. The van der Waals surface area contributed by atoms with Gasteiger partial charge < -0.3 is 14.2 Å². The summed E-state index contributed by atoms with van der Waals surface area (Å²) in [6.45, 7) is 4.42. The average Bonchev–Trinajstić information content (AvgIpc) is 2.82. The Bertz CT molecular complexity index is 842. The minimum absolute atomic E-state index is 0.0682. The van der Waals surface area contributed by atoms with Crippen LogP contribution in [0.2, 0.25) is 0 Å². The molecule has 4 nitrogen and oxygen atoms in total. The van der Waals surface area contributed by atoms with E-state index in [1.54, 1.807) is 0 Å². The maximum atomic E-state index is 12.4. The number of carbonyl (C=O) groups excluding carboxylic acids is 1. The van der Waals surface area contributed by atoms with Crippen molar-refractivity contribution in [3.63, 3.8) is 0 Å². The molecule has 0 aliphatic heterocycles. The molecule has 2 fully saturated rings. The smallest absolute Gasteiger partial charge is 0.338 e. The predicted molar refractivity (Wildman–Crippen MR) is 126 cm³/mol. The Labute approximate surface area is 192 Å². The van der Waals surface area contributed by atoms with Crippen molar-refractivity contribution in [2.24, 2.45) is 11.8 Å². The van der Waals surface area contributed by atoms with Crippen molar-refractivity contribution in [1.29, 1.82) is 0 Å². The Hall–Kier alpha value is -2.33. The van der Waals surface area contributed by atoms with Gasteiger partial charge in [0, 0.05) is 0 Å². The second-order valence-electron chi connectivity index (χ2n) is 9.59. The van der Waals surface area contributed by atoms with E-state index in [0.717, 1.165) is 48.8 Å². The van der Waals surface area contributed by atoms with Crippen LogP contribution < -0.4 is 4.74 Å². The van der Waals surface area contributed by atoms with Gasteiger partial charge in [0.05, 0.1) is 11.7 Å². The fraction of sp³-hybridized carbons (Fsp3) is 0.536. The van der Waals surface area contributed by atoms with Gasteiger partial charge in [0.2, 0.25) is 0 Å². The highest BCUT2D eigenvalue weighted by Gasteiger charge is 2.32. The lowest BCUT2D eigenvalue weighted by molar-refractivity contribution is -0.0603. The van der Waals surface area contributed by atoms with E-state index >= 15 is 0 Å². The lowest BCUT2D eigenvalue weighted by atomic mass is 9.72. The summed E-state index contributed by atoms with van der Waals surface area (Å²) in [4.78, 5) is 12.4. The van der Waals surface area contributed by atoms with E-state index in [-0.39, 0.29) is 12.1 Å². The van der Waals surface area contributed by atoms with Gasteiger partial charge in [0.1, 0.15) is 11.9 Å². The standard InChI is InChI=1S/C28H36O4/c1-20-3-7-24(8-4-20)28(29)32-27-17-11-23(12-18-27)22-9-15-26(16-10-22)31-19-30-25-13-5-21(2)6-14-25/h3-8,13-14,22-23,26-27H,9-12,15-19H2,1-2H3. The van der Waals surface area contributed by atoms with Gasteiger partial charge in [-0.25, -0.2) is 4.79 Å². The van der Waals surface area contributed by atoms with Gasteiger partial charge in [0.25, 0.3) is 0 Å². The predicted octanol–water partition coefficient (Wildman–Crippen LogP) is 6.63. The first-order chi connectivity index (χ1) is 15.6. The minimum Gasteiger partial charge on any atom is -0.468 e. The highest BCUT2D eigenvalue weighted by atomic mass is 16.7. The zero-order chi connectivity index (χ0) is 22.3. The van der Waals surface area contributed by atoms with Crippen molar-refractivity contribution < 1.29 is 19.0 Å². The van der Waals surface area contributed by atoms with E-state index in [1.165, 1.54) is 31.2 Å². The molecule has 4 rings (SSSR count). The number of benzene rings is 2. The fourth-order valence-corrected chi connectivity index (χ4v) is 5.15. The van der Waals surface area contributed by atoms with Crippen LogP contribution in [0.25, 0.3) is 0 Å². The van der Waals surface area contributed by atoms with Crippen molar-refractivity contribution in [1.82, 2.24) is 0 Å². The summed E-state index contributed by atoms with van der Waals surface area (Å²) in [5, 5.41) is 0. The molecule has 0 spiro atoms. The fourth-order valence-electron chi connectivity index (χ4n) is 5.15. The second-order valence-corrected chi connectivity index (χ2v) is 9.59. The molecule has 0 amide bonds. The molecular formula is C28H36O4. The molecule has 0 aromatic heterocycles. The Morgan fingerprint density at radius 2 is 1.22 bits per heavy atom. The molecule has 0 bridgehead atoms. The molecule has 2 saturated carbocycles. The number of hydrogen-bond donors (Lipinski definition) is 0. The Balaban J connectivity index is 1.13. The molecule has 0 N–H and O–H groups in total. The molecule has 0 atom stereocenters. The third-order valence-corrected chi connectivity index (χ3v) is 7.22. The van der Waals surface area contributed by atoms with E-state index in [1.807, 2.05) is 43.3 Å². The van der Waals surface area contributed by atoms with Crippen LogP contribution in [0.3, 0.4) is 0 Å². The van der Waals surface area contributed by atoms with Crippen molar-refractivity contribution in [3.8, 4) is 5.75 Å². The largest absolute Gasteiger partial charge is 0.468 e. The quantitative estimate of drug-likeness (QED) is 0.361. The maximum Gasteiger partial charge on any atom is 0.338 e. The first kappa shape index (κ1) is 22.8. The first-order valence-corrected chi connectivity index (χ1v) is 12.2. The molecule has 0 unspecified atom stereocenters. The van der Waals surface area contributed by atoms with E-state index in [0.29, 0.717) is 18.5 Å². The number of esters is 1. The van der Waals surface area contributed by atoms with Crippen molar-refractivity contribution in [2.45, 2.75) is 77.4 Å². The molecule has 0 heterocycles. The maximum absolute atomic E-state index is 12.4. The van der Waals surface area contributed by atoms with Crippen LogP contribution in [-0.4, -0.2) is 25.0 Å². The van der Waals surface area contributed by atoms with E-state index < -0.39 is 0 Å². The molecular weight excluding hydrogens is 400 g/mol. The lowest BCUT2D eigenvalue weighted by Gasteiger charge is -2.37. The van der Waals surface area contributed by atoms with Crippen LogP contribution >= 0.6 is 0 Å². The van der Waals surface area contributed by atoms with Crippen LogP contribution in [0.15, 0.2) is 48.5 Å². The van der Waals surface area contributed by atoms with Crippen molar-refractivity contribution in [2.75, 3.05) is 6.79 Å². The normalized spacial score (nSPS) is 25.8. The molecule has 2 aromatic rings. The molecule has 0 radical (unpaired) electrons. The van der Waals surface area contributed by atoms with Crippen LogP contribution in [0.1, 0.15) is 72.9 Å². The van der Waals surface area contributed by atoms with E-state index in [9.17, 15) is 4.79 Å². The van der Waals surface area contributed by atoms with E-state index in [2.05, 4.69) is 19.1 Å². The Morgan fingerprint density at radius 3 is 1.78 bits per heavy atom. The zero-order valence-electron chi connectivity index (χ0n) is 19.4. The number of ether oxygens (including phenoxy) is 3. The van der Waals surface area contributed by atoms with Crippen LogP contribution in [-0.2, 0) is 9.47 Å². The molecule has 2 aliphatic carbocycles. The summed E-state index contributed by atoms with van der Waals surface area (Å²) >= 11 is 0. The minimum atomic E-state index is -0.182. The lowest BCUT2D eigenvalue weighted by Crippen LogP contribution is -2.31. The van der Waals surface area contributed by atoms with Gasteiger partial charge in [0.15, 0.2) is 6.79 Å². The highest BCUT2D eigenvalue weighted by Crippen LogP contribution is 2.39. The third kappa shape index (κ3) is 6.35. The van der Waals surface area contributed by atoms with Gasteiger partial charge in [-0.3, -0.25) is 0 Å². The van der Waals surface area contributed by atoms with Crippen LogP contribution in [0, 0.1) is 25.7 Å². The average molecular weight is 437 g/mol. The molecule has 4 heteroatoms. The van der Waals surface area contributed by atoms with Gasteiger partial charge >= 0.3 is 5.97 Å². The first-order valence-electron chi connectivity index (χ1n) is 12.2. The van der Waals surface area contributed by atoms with Crippen molar-refractivity contribution in [3.05, 3.63) is 65.2 Å². The zero-order valence-corrected chi connectivity index (χ0v) is 19.4. The number of hydrogen-bond acceptors (Lipinski definition) is 4. The summed E-state index contributed by atoms with van der Waals surface area (Å²) in [5.74, 6) is 2.22. The van der Waals surface area contributed by atoms with Gasteiger partial charge in [-0.15, -0.1) is 0 Å². The molecule has 2 aromatic carbocycles. The SMILES string of the molecule is Cc1ccc(OCOC2CCC(C3CCC(OC(=O)c4ccc(C)cc4)CC3)CC2)cc1. The number of rotatable bonds is 7. The van der Waals surface area contributed by atoms with Gasteiger partial charge in [-0.05, 0) is 101 Å². The van der Waals surface area contributed by atoms with E-state index in [4.69, 9.17) is 14.2 Å². The number of carbonyl (C=O) groups is 1.